The first-order chi connectivity index (χ1) is 8.40. The summed E-state index contributed by atoms with van der Waals surface area (Å²) < 4.78 is 39.8. The van der Waals surface area contributed by atoms with Crippen molar-refractivity contribution < 1.29 is 13.2 Å². The van der Waals surface area contributed by atoms with Gasteiger partial charge in [-0.1, -0.05) is 27.5 Å². The fourth-order valence-corrected chi connectivity index (χ4v) is 3.39. The molecule has 0 bridgehead atoms. The van der Waals surface area contributed by atoms with Gasteiger partial charge in [-0.25, -0.2) is 13.2 Å². The maximum atomic E-state index is 13.1. The standard InChI is InChI=1S/C12H7BrClF3S/c1-5-2-9(18-12(5)14)10(13)6-3-7(15)11(17)8(16)4-6/h2-4,10H,1H3. The van der Waals surface area contributed by atoms with Crippen molar-refractivity contribution in [2.45, 2.75) is 11.8 Å². The van der Waals surface area contributed by atoms with Crippen LogP contribution >= 0.6 is 38.9 Å². The van der Waals surface area contributed by atoms with Crippen LogP contribution in [0, 0.1) is 24.4 Å². The monoisotopic (exact) mass is 354 g/mol. The summed E-state index contributed by atoms with van der Waals surface area (Å²) in [5.41, 5.74) is 1.20. The normalized spacial score (nSPS) is 12.8. The molecule has 2 aromatic rings. The highest BCUT2D eigenvalue weighted by molar-refractivity contribution is 9.09. The van der Waals surface area contributed by atoms with Crippen LogP contribution < -0.4 is 0 Å². The first-order valence-electron chi connectivity index (χ1n) is 4.94. The minimum atomic E-state index is -1.46. The minimum Gasteiger partial charge on any atom is -0.204 e. The third-order valence-electron chi connectivity index (χ3n) is 2.42. The summed E-state index contributed by atoms with van der Waals surface area (Å²) in [6.07, 6.45) is 0. The highest BCUT2D eigenvalue weighted by Crippen LogP contribution is 2.39. The number of hydrogen-bond acceptors (Lipinski definition) is 1. The fraction of sp³-hybridized carbons (Fsp3) is 0.167. The first-order valence-corrected chi connectivity index (χ1v) is 7.05. The molecule has 6 heteroatoms. The lowest BCUT2D eigenvalue weighted by Gasteiger charge is -2.09. The van der Waals surface area contributed by atoms with Crippen LogP contribution in [-0.4, -0.2) is 0 Å². The number of benzene rings is 1. The van der Waals surface area contributed by atoms with Crippen molar-refractivity contribution in [3.63, 3.8) is 0 Å². The van der Waals surface area contributed by atoms with E-state index in [2.05, 4.69) is 15.9 Å². The second-order valence-corrected chi connectivity index (χ2v) is 6.37. The molecule has 0 aliphatic carbocycles. The van der Waals surface area contributed by atoms with Gasteiger partial charge in [-0.3, -0.25) is 0 Å². The molecule has 0 saturated heterocycles. The zero-order chi connectivity index (χ0) is 13.4. The van der Waals surface area contributed by atoms with Crippen LogP contribution in [0.3, 0.4) is 0 Å². The van der Waals surface area contributed by atoms with Crippen molar-refractivity contribution in [2.24, 2.45) is 0 Å². The lowest BCUT2D eigenvalue weighted by Crippen LogP contribution is -1.97. The third kappa shape index (κ3) is 2.58. The van der Waals surface area contributed by atoms with Crippen molar-refractivity contribution in [2.75, 3.05) is 0 Å². The van der Waals surface area contributed by atoms with Gasteiger partial charge in [0.25, 0.3) is 0 Å². The van der Waals surface area contributed by atoms with Crippen LogP contribution in [0.2, 0.25) is 4.34 Å². The van der Waals surface area contributed by atoms with Gasteiger partial charge in [-0.15, -0.1) is 11.3 Å². The van der Waals surface area contributed by atoms with E-state index < -0.39 is 22.3 Å². The molecule has 0 saturated carbocycles. The summed E-state index contributed by atoms with van der Waals surface area (Å²) in [6, 6.07) is 3.77. The molecule has 1 aromatic heterocycles. The predicted molar refractivity (Wildman–Crippen MR) is 71.2 cm³/mol. The van der Waals surface area contributed by atoms with E-state index in [9.17, 15) is 13.2 Å². The Labute approximate surface area is 120 Å². The summed E-state index contributed by atoms with van der Waals surface area (Å²) in [5.74, 6) is -3.86. The molecule has 0 nitrogen and oxygen atoms in total. The van der Waals surface area contributed by atoms with E-state index in [0.717, 1.165) is 22.6 Å². The zero-order valence-electron chi connectivity index (χ0n) is 9.11. The second-order valence-electron chi connectivity index (χ2n) is 3.77. The van der Waals surface area contributed by atoms with E-state index >= 15 is 0 Å². The lowest BCUT2D eigenvalue weighted by molar-refractivity contribution is 0.445. The van der Waals surface area contributed by atoms with Crippen LogP contribution in [-0.2, 0) is 0 Å². The molecule has 1 atom stereocenters. The van der Waals surface area contributed by atoms with Gasteiger partial charge in [0.2, 0.25) is 0 Å². The average Bonchev–Trinajstić information content (AvgIpc) is 2.65. The Hall–Kier alpha value is -0.520. The Balaban J connectivity index is 2.42. The summed E-state index contributed by atoms with van der Waals surface area (Å²) in [5, 5.41) is 0. The highest BCUT2D eigenvalue weighted by Gasteiger charge is 2.19. The molecule has 0 aliphatic rings. The van der Waals surface area contributed by atoms with Gasteiger partial charge in [0.05, 0.1) is 9.16 Å². The molecule has 0 spiro atoms. The quantitative estimate of drug-likeness (QED) is 0.485. The molecular formula is C12H7BrClF3S. The number of hydrogen-bond donors (Lipinski definition) is 0. The molecule has 18 heavy (non-hydrogen) atoms. The van der Waals surface area contributed by atoms with Crippen LogP contribution in [0.1, 0.15) is 20.8 Å². The number of rotatable bonds is 2. The molecular weight excluding hydrogens is 349 g/mol. The van der Waals surface area contributed by atoms with Gasteiger partial charge in [0.15, 0.2) is 17.5 Å². The summed E-state index contributed by atoms with van der Waals surface area (Å²) in [7, 11) is 0. The van der Waals surface area contributed by atoms with E-state index in [4.69, 9.17) is 11.6 Å². The maximum Gasteiger partial charge on any atom is 0.194 e. The number of aryl methyl sites for hydroxylation is 1. The predicted octanol–water partition coefficient (Wildman–Crippen LogP) is 5.61. The van der Waals surface area contributed by atoms with E-state index in [1.807, 2.05) is 13.0 Å². The molecule has 0 radical (unpaired) electrons. The van der Waals surface area contributed by atoms with Gasteiger partial charge in [-0.05, 0) is 36.2 Å². The van der Waals surface area contributed by atoms with Crippen LogP contribution in [0.15, 0.2) is 18.2 Å². The molecule has 1 unspecified atom stereocenters. The molecule has 0 N–H and O–H groups in total. The fourth-order valence-electron chi connectivity index (χ4n) is 1.49. The third-order valence-corrected chi connectivity index (χ3v) is 5.37. The minimum absolute atomic E-state index is 0.310. The van der Waals surface area contributed by atoms with Gasteiger partial charge >= 0.3 is 0 Å². The molecule has 0 amide bonds. The topological polar surface area (TPSA) is 0 Å². The largest absolute Gasteiger partial charge is 0.204 e. The van der Waals surface area contributed by atoms with E-state index in [1.54, 1.807) is 0 Å². The van der Waals surface area contributed by atoms with Crippen molar-refractivity contribution in [3.05, 3.63) is 56.0 Å². The van der Waals surface area contributed by atoms with Crippen molar-refractivity contribution >= 4 is 38.9 Å². The van der Waals surface area contributed by atoms with Crippen LogP contribution in [0.25, 0.3) is 0 Å². The summed E-state index contributed by atoms with van der Waals surface area (Å²) >= 11 is 10.6. The summed E-state index contributed by atoms with van der Waals surface area (Å²) in [4.78, 5) is 0.390. The van der Waals surface area contributed by atoms with E-state index in [-0.39, 0.29) is 0 Å². The van der Waals surface area contributed by atoms with E-state index in [1.165, 1.54) is 11.3 Å². The number of thiophene rings is 1. The van der Waals surface area contributed by atoms with Gasteiger partial charge in [0, 0.05) is 4.88 Å². The Bertz CT molecular complexity index is 554. The Morgan fingerprint density at radius 3 is 2.17 bits per heavy atom. The second kappa shape index (κ2) is 5.23. The molecule has 0 aliphatic heterocycles. The Morgan fingerprint density at radius 1 is 1.17 bits per heavy atom. The average molecular weight is 356 g/mol. The first kappa shape index (κ1) is 13.9. The van der Waals surface area contributed by atoms with Crippen molar-refractivity contribution in [3.8, 4) is 0 Å². The molecule has 1 aromatic carbocycles. The Morgan fingerprint density at radius 2 is 1.72 bits per heavy atom. The number of halogens is 5. The molecule has 0 fully saturated rings. The van der Waals surface area contributed by atoms with Gasteiger partial charge in [-0.2, -0.15) is 0 Å². The van der Waals surface area contributed by atoms with Crippen LogP contribution in [0.5, 0.6) is 0 Å². The maximum absolute atomic E-state index is 13.1. The van der Waals surface area contributed by atoms with Crippen molar-refractivity contribution in [1.82, 2.24) is 0 Å². The Kier molecular flexibility index (Phi) is 4.04. The smallest absolute Gasteiger partial charge is 0.194 e. The molecule has 1 heterocycles. The van der Waals surface area contributed by atoms with Crippen molar-refractivity contribution in [1.29, 1.82) is 0 Å². The molecule has 2 rings (SSSR count). The SMILES string of the molecule is Cc1cc(C(Br)c2cc(F)c(F)c(F)c2)sc1Cl. The summed E-state index contributed by atoms with van der Waals surface area (Å²) in [6.45, 7) is 1.84. The number of alkyl halides is 1. The lowest BCUT2D eigenvalue weighted by atomic mass is 10.1. The van der Waals surface area contributed by atoms with E-state index in [0.29, 0.717) is 9.90 Å². The van der Waals surface area contributed by atoms with Crippen LogP contribution in [0.4, 0.5) is 13.2 Å². The zero-order valence-corrected chi connectivity index (χ0v) is 12.3. The highest BCUT2D eigenvalue weighted by atomic mass is 79.9. The molecule has 96 valence electrons. The van der Waals surface area contributed by atoms with Gasteiger partial charge in [0.1, 0.15) is 0 Å². The van der Waals surface area contributed by atoms with Gasteiger partial charge < -0.3 is 0 Å².